The molecule has 0 spiro atoms. The minimum absolute atomic E-state index is 0.140. The molecule has 0 unspecified atom stereocenters. The van der Waals surface area contributed by atoms with Crippen LogP contribution in [0, 0.1) is 0 Å². The van der Waals surface area contributed by atoms with Gasteiger partial charge in [-0.3, -0.25) is 4.79 Å². The summed E-state index contributed by atoms with van der Waals surface area (Å²) in [7, 11) is -1.88. The van der Waals surface area contributed by atoms with E-state index in [1.807, 2.05) is 0 Å². The quantitative estimate of drug-likeness (QED) is 0.885. The Hall–Kier alpha value is -2.48. The van der Waals surface area contributed by atoms with E-state index in [1.165, 1.54) is 19.2 Å². The number of fused-ring (bicyclic) bond motifs is 1. The van der Waals surface area contributed by atoms with Gasteiger partial charge < -0.3 is 10.1 Å². The molecule has 0 fully saturated rings. The van der Waals surface area contributed by atoms with Gasteiger partial charge in [-0.15, -0.1) is 0 Å². The Labute approximate surface area is 127 Å². The molecule has 8 heteroatoms. The highest BCUT2D eigenvalue weighted by Gasteiger charge is 2.25. The van der Waals surface area contributed by atoms with Gasteiger partial charge in [0.2, 0.25) is 5.91 Å². The second kappa shape index (κ2) is 5.06. The Morgan fingerprint density at radius 1 is 1.27 bits per heavy atom. The summed E-state index contributed by atoms with van der Waals surface area (Å²) in [5, 5.41) is 2.64. The molecule has 1 amide bonds. The number of hydrogen-bond acceptors (Lipinski definition) is 6. The fraction of sp³-hybridized carbons (Fsp3) is 0.214. The molecule has 0 aliphatic carbocycles. The number of benzene rings is 1. The molecule has 1 aromatic rings. The predicted octanol–water partition coefficient (Wildman–Crippen LogP) is 0.661. The number of carbonyl (C=O) groups is 1. The highest BCUT2D eigenvalue weighted by molar-refractivity contribution is 7.90. The van der Waals surface area contributed by atoms with E-state index in [0.29, 0.717) is 28.7 Å². The lowest BCUT2D eigenvalue weighted by Crippen LogP contribution is -2.33. The first-order valence-corrected chi connectivity index (χ1v) is 8.34. The molecular weight excluding hydrogens is 306 g/mol. The van der Waals surface area contributed by atoms with E-state index in [2.05, 4.69) is 15.3 Å². The van der Waals surface area contributed by atoms with E-state index in [1.54, 1.807) is 12.1 Å². The van der Waals surface area contributed by atoms with E-state index in [0.717, 1.165) is 6.26 Å². The summed E-state index contributed by atoms with van der Waals surface area (Å²) in [6.45, 7) is 0. The second-order valence-electron chi connectivity index (χ2n) is 4.87. The van der Waals surface area contributed by atoms with Crippen molar-refractivity contribution in [3.05, 3.63) is 35.5 Å². The molecule has 0 radical (unpaired) electrons. The number of carbonyl (C=O) groups excluding carboxylic acids is 1. The molecule has 0 saturated heterocycles. The molecule has 22 heavy (non-hydrogen) atoms. The van der Waals surface area contributed by atoms with Crippen molar-refractivity contribution >= 4 is 27.4 Å². The lowest BCUT2D eigenvalue weighted by Gasteiger charge is -2.08. The van der Waals surface area contributed by atoms with Gasteiger partial charge in [0, 0.05) is 12.7 Å². The van der Waals surface area contributed by atoms with Crippen LogP contribution >= 0.6 is 0 Å². The third-order valence-corrected chi connectivity index (χ3v) is 4.38. The van der Waals surface area contributed by atoms with Crippen molar-refractivity contribution < 1.29 is 17.9 Å². The molecule has 1 N–H and O–H groups in total. The Kier molecular flexibility index (Phi) is 3.32. The largest absolute Gasteiger partial charge is 0.496 e. The maximum Gasteiger partial charge on any atom is 0.229 e. The fourth-order valence-electron chi connectivity index (χ4n) is 2.17. The average molecular weight is 319 g/mol. The number of ether oxygens (including phenoxy) is 1. The summed E-state index contributed by atoms with van der Waals surface area (Å²) in [5.74, 6) is 0.996. The van der Waals surface area contributed by atoms with Gasteiger partial charge >= 0.3 is 0 Å². The standard InChI is InChI=1S/C14H13N3O4S/c1-21-11-7-8(22(2,19)20)3-4-9(11)13-15-10-5-6-12(18)16-14(10)17-13/h3-5,7H,6H2,1-2H3,(H,15,16,17,18). The molecule has 1 aromatic carbocycles. The fourth-order valence-corrected chi connectivity index (χ4v) is 2.81. The molecule has 2 heterocycles. The molecule has 2 aliphatic rings. The number of amides is 1. The van der Waals surface area contributed by atoms with Crippen molar-refractivity contribution in [3.8, 4) is 5.75 Å². The van der Waals surface area contributed by atoms with E-state index in [9.17, 15) is 13.2 Å². The lowest BCUT2D eigenvalue weighted by molar-refractivity contribution is -0.119. The van der Waals surface area contributed by atoms with Crippen LogP contribution < -0.4 is 10.1 Å². The first-order chi connectivity index (χ1) is 10.4. The van der Waals surface area contributed by atoms with Gasteiger partial charge in [0.1, 0.15) is 11.4 Å². The molecule has 7 nitrogen and oxygen atoms in total. The van der Waals surface area contributed by atoms with E-state index >= 15 is 0 Å². The molecule has 0 atom stereocenters. The molecule has 0 bridgehead atoms. The van der Waals surface area contributed by atoms with Crippen LogP contribution in [-0.2, 0) is 14.6 Å². The van der Waals surface area contributed by atoms with Gasteiger partial charge in [-0.05, 0) is 24.3 Å². The zero-order valence-corrected chi connectivity index (χ0v) is 12.8. The highest BCUT2D eigenvalue weighted by Crippen LogP contribution is 2.27. The van der Waals surface area contributed by atoms with Crippen LogP contribution in [0.3, 0.4) is 0 Å². The summed E-state index contributed by atoms with van der Waals surface area (Å²) in [6.07, 6.45) is 3.08. The first kappa shape index (κ1) is 14.5. The summed E-state index contributed by atoms with van der Waals surface area (Å²) in [4.78, 5) is 20.1. The monoisotopic (exact) mass is 319 g/mol. The second-order valence-corrected chi connectivity index (χ2v) is 6.89. The van der Waals surface area contributed by atoms with Crippen molar-refractivity contribution in [2.45, 2.75) is 11.3 Å². The summed E-state index contributed by atoms with van der Waals surface area (Å²) >= 11 is 0. The zero-order chi connectivity index (χ0) is 15.9. The third kappa shape index (κ3) is 2.52. The van der Waals surface area contributed by atoms with E-state index < -0.39 is 9.84 Å². The van der Waals surface area contributed by atoms with Gasteiger partial charge in [-0.1, -0.05) is 0 Å². The summed E-state index contributed by atoms with van der Waals surface area (Å²) in [6, 6.07) is 4.50. The third-order valence-electron chi connectivity index (χ3n) is 3.27. The molecule has 2 aliphatic heterocycles. The Morgan fingerprint density at radius 2 is 2.05 bits per heavy atom. The lowest BCUT2D eigenvalue weighted by atomic mass is 10.2. The number of amidine groups is 2. The maximum atomic E-state index is 11.6. The molecule has 3 rings (SSSR count). The number of sulfone groups is 1. The Bertz CT molecular complexity index is 866. The number of rotatable bonds is 3. The zero-order valence-electron chi connectivity index (χ0n) is 12.0. The first-order valence-electron chi connectivity index (χ1n) is 6.45. The average Bonchev–Trinajstić information content (AvgIpc) is 2.88. The van der Waals surface area contributed by atoms with E-state index in [4.69, 9.17) is 4.74 Å². The van der Waals surface area contributed by atoms with Crippen LogP contribution in [0.25, 0.3) is 0 Å². The molecule has 114 valence electrons. The maximum absolute atomic E-state index is 11.6. The van der Waals surface area contributed by atoms with Gasteiger partial charge in [0.25, 0.3) is 0 Å². The minimum atomic E-state index is -3.33. The van der Waals surface area contributed by atoms with Crippen LogP contribution in [0.1, 0.15) is 12.0 Å². The number of aliphatic imine (C=N–C) groups is 2. The Morgan fingerprint density at radius 3 is 2.73 bits per heavy atom. The van der Waals surface area contributed by atoms with Gasteiger partial charge in [0.15, 0.2) is 21.5 Å². The smallest absolute Gasteiger partial charge is 0.229 e. The highest BCUT2D eigenvalue weighted by atomic mass is 32.2. The number of nitrogens with one attached hydrogen (secondary N) is 1. The summed E-state index contributed by atoms with van der Waals surface area (Å²) in [5.41, 5.74) is 1.16. The molecule has 0 aromatic heterocycles. The topological polar surface area (TPSA) is 97.2 Å². The van der Waals surface area contributed by atoms with Crippen molar-refractivity contribution in [2.75, 3.05) is 13.4 Å². The SMILES string of the molecule is COc1cc(S(C)(=O)=O)ccc1C1=NC2=CCC(=O)NC2=N1. The van der Waals surface area contributed by atoms with Crippen molar-refractivity contribution in [2.24, 2.45) is 9.98 Å². The van der Waals surface area contributed by atoms with Crippen LogP contribution in [-0.4, -0.2) is 39.4 Å². The van der Waals surface area contributed by atoms with Gasteiger partial charge in [0.05, 0.1) is 17.6 Å². The van der Waals surface area contributed by atoms with Crippen molar-refractivity contribution in [1.29, 1.82) is 0 Å². The summed E-state index contributed by atoms with van der Waals surface area (Å²) < 4.78 is 28.5. The van der Waals surface area contributed by atoms with Gasteiger partial charge in [-0.2, -0.15) is 0 Å². The number of hydrogen-bond donors (Lipinski definition) is 1. The van der Waals surface area contributed by atoms with Crippen LogP contribution in [0.5, 0.6) is 5.75 Å². The van der Waals surface area contributed by atoms with Crippen LogP contribution in [0.15, 0.2) is 44.9 Å². The predicted molar refractivity (Wildman–Crippen MR) is 80.9 cm³/mol. The van der Waals surface area contributed by atoms with Crippen LogP contribution in [0.4, 0.5) is 0 Å². The number of methoxy groups -OCH3 is 1. The van der Waals surface area contributed by atoms with Crippen molar-refractivity contribution in [3.63, 3.8) is 0 Å². The van der Waals surface area contributed by atoms with Crippen molar-refractivity contribution in [1.82, 2.24) is 5.32 Å². The van der Waals surface area contributed by atoms with Gasteiger partial charge in [-0.25, -0.2) is 18.4 Å². The Balaban J connectivity index is 2.05. The molecule has 0 saturated carbocycles. The normalized spacial score (nSPS) is 17.2. The van der Waals surface area contributed by atoms with E-state index in [-0.39, 0.29) is 17.2 Å². The minimum Gasteiger partial charge on any atom is -0.496 e. The van der Waals surface area contributed by atoms with Crippen LogP contribution in [0.2, 0.25) is 0 Å². The molecular formula is C14H13N3O4S. The number of nitrogens with zero attached hydrogens (tertiary/aromatic N) is 2.